The molecule has 36 heavy (non-hydrogen) atoms. The molecule has 2 atom stereocenters. The topological polar surface area (TPSA) is 91.8 Å². The van der Waals surface area contributed by atoms with Crippen LogP contribution in [0, 0.1) is 17.6 Å². The number of pyridine rings is 1. The number of piperidine rings is 1. The van der Waals surface area contributed by atoms with Crippen LogP contribution in [0.2, 0.25) is 0 Å². The summed E-state index contributed by atoms with van der Waals surface area (Å²) in [6, 6.07) is 6.53. The highest BCUT2D eigenvalue weighted by Gasteiger charge is 2.57. The van der Waals surface area contributed by atoms with E-state index in [1.807, 2.05) is 0 Å². The number of carbonyl (C=O) groups excluding carboxylic acids is 3. The Morgan fingerprint density at radius 3 is 2.61 bits per heavy atom. The van der Waals surface area contributed by atoms with E-state index in [0.717, 1.165) is 25.0 Å². The molecule has 0 bridgehead atoms. The van der Waals surface area contributed by atoms with E-state index in [2.05, 4.69) is 10.3 Å². The van der Waals surface area contributed by atoms with Crippen molar-refractivity contribution in [3.63, 3.8) is 0 Å². The largest absolute Gasteiger partial charge is 0.376 e. The minimum atomic E-state index is -1.26. The summed E-state index contributed by atoms with van der Waals surface area (Å²) in [6.07, 6.45) is 5.68. The van der Waals surface area contributed by atoms with Gasteiger partial charge >= 0.3 is 6.03 Å². The second-order valence-electron chi connectivity index (χ2n) is 9.61. The van der Waals surface area contributed by atoms with Crippen molar-refractivity contribution in [2.45, 2.75) is 43.7 Å². The van der Waals surface area contributed by atoms with Gasteiger partial charge in [-0.25, -0.2) is 13.6 Å². The van der Waals surface area contributed by atoms with Gasteiger partial charge in [0.25, 0.3) is 5.91 Å². The van der Waals surface area contributed by atoms with Crippen molar-refractivity contribution in [3.8, 4) is 0 Å². The molecule has 3 fully saturated rings. The van der Waals surface area contributed by atoms with E-state index in [1.165, 1.54) is 11.0 Å². The predicted octanol–water partition coefficient (Wildman–Crippen LogP) is 2.77. The van der Waals surface area contributed by atoms with E-state index in [0.29, 0.717) is 43.7 Å². The summed E-state index contributed by atoms with van der Waals surface area (Å²) in [7, 11) is 0. The van der Waals surface area contributed by atoms with Crippen molar-refractivity contribution in [3.05, 3.63) is 65.5 Å². The number of rotatable bonds is 6. The molecule has 4 heterocycles. The Kier molecular flexibility index (Phi) is 6.70. The fourth-order valence-corrected chi connectivity index (χ4v) is 5.55. The first-order valence-corrected chi connectivity index (χ1v) is 12.3. The molecule has 0 saturated carbocycles. The molecule has 1 aromatic carbocycles. The number of benzene rings is 1. The first-order chi connectivity index (χ1) is 17.4. The number of likely N-dealkylation sites (tertiary alicyclic amines) is 1. The Balaban J connectivity index is 1.32. The number of halogens is 2. The molecule has 3 saturated heterocycles. The van der Waals surface area contributed by atoms with Crippen LogP contribution in [0.4, 0.5) is 13.6 Å². The lowest BCUT2D eigenvalue weighted by Gasteiger charge is -2.41. The third-order valence-electron chi connectivity index (χ3n) is 7.46. The maximum absolute atomic E-state index is 13.9. The van der Waals surface area contributed by atoms with Gasteiger partial charge < -0.3 is 15.0 Å². The van der Waals surface area contributed by atoms with Gasteiger partial charge in [-0.1, -0.05) is 12.1 Å². The lowest BCUT2D eigenvalue weighted by molar-refractivity contribution is -0.137. The molecule has 1 N–H and O–H groups in total. The lowest BCUT2D eigenvalue weighted by Crippen LogP contribution is -2.54. The molecule has 3 aliphatic heterocycles. The molecular formula is C26H28F2N4O4. The quantitative estimate of drug-likeness (QED) is 0.619. The molecule has 10 heteroatoms. The highest BCUT2D eigenvalue weighted by Crippen LogP contribution is 2.41. The van der Waals surface area contributed by atoms with E-state index in [9.17, 15) is 23.2 Å². The molecule has 3 aliphatic rings. The maximum atomic E-state index is 13.9. The average Bonchev–Trinajstić information content (AvgIpc) is 3.50. The molecule has 0 aliphatic carbocycles. The van der Waals surface area contributed by atoms with Crippen molar-refractivity contribution in [1.29, 1.82) is 0 Å². The van der Waals surface area contributed by atoms with Crippen molar-refractivity contribution in [1.82, 2.24) is 20.1 Å². The van der Waals surface area contributed by atoms with Gasteiger partial charge in [-0.15, -0.1) is 0 Å². The molecule has 4 amide bonds. The van der Waals surface area contributed by atoms with Gasteiger partial charge in [-0.3, -0.25) is 19.5 Å². The van der Waals surface area contributed by atoms with Crippen molar-refractivity contribution in [2.75, 3.05) is 26.2 Å². The number of hydrogen-bond donors (Lipinski definition) is 1. The molecule has 0 spiro atoms. The van der Waals surface area contributed by atoms with Gasteiger partial charge in [0.15, 0.2) is 17.2 Å². The number of nitrogens with zero attached hydrogens (tertiary/aromatic N) is 3. The van der Waals surface area contributed by atoms with Gasteiger partial charge in [0, 0.05) is 37.7 Å². The van der Waals surface area contributed by atoms with Crippen molar-refractivity contribution >= 4 is 17.8 Å². The normalized spacial score (nSPS) is 24.9. The first-order valence-electron chi connectivity index (χ1n) is 12.3. The predicted molar refractivity (Wildman–Crippen MR) is 124 cm³/mol. The number of hydrogen-bond acceptors (Lipinski definition) is 5. The number of carbonyl (C=O) groups is 3. The summed E-state index contributed by atoms with van der Waals surface area (Å²) >= 11 is 0. The van der Waals surface area contributed by atoms with Gasteiger partial charge in [-0.2, -0.15) is 0 Å². The molecular weight excluding hydrogens is 470 g/mol. The van der Waals surface area contributed by atoms with Crippen LogP contribution in [0.15, 0.2) is 42.7 Å². The summed E-state index contributed by atoms with van der Waals surface area (Å²) in [5.74, 6) is -2.70. The van der Waals surface area contributed by atoms with Crippen LogP contribution in [0.3, 0.4) is 0 Å². The van der Waals surface area contributed by atoms with Crippen LogP contribution < -0.4 is 5.32 Å². The van der Waals surface area contributed by atoms with Crippen LogP contribution >= 0.6 is 0 Å². The summed E-state index contributed by atoms with van der Waals surface area (Å²) < 4.78 is 32.4. The molecule has 0 radical (unpaired) electrons. The Morgan fingerprint density at radius 1 is 1.14 bits per heavy atom. The average molecular weight is 499 g/mol. The summed E-state index contributed by atoms with van der Waals surface area (Å²) in [6.45, 7) is 1.59. The third-order valence-corrected chi connectivity index (χ3v) is 7.46. The van der Waals surface area contributed by atoms with Crippen LogP contribution in [0.25, 0.3) is 0 Å². The van der Waals surface area contributed by atoms with E-state index < -0.39 is 23.2 Å². The van der Waals surface area contributed by atoms with E-state index >= 15 is 0 Å². The highest BCUT2D eigenvalue weighted by molar-refractivity contribution is 6.07. The second kappa shape index (κ2) is 9.93. The summed E-state index contributed by atoms with van der Waals surface area (Å²) in [4.78, 5) is 46.8. The summed E-state index contributed by atoms with van der Waals surface area (Å²) in [5.41, 5.74) is -0.250. The SMILES string of the molecule is O=C(Cc1ccc(F)c(F)c1)N1CCC(C2(c3cccnc3)NC(=O)N(CC3CCCO3)C2=O)CC1. The van der Waals surface area contributed by atoms with Crippen molar-refractivity contribution in [2.24, 2.45) is 5.92 Å². The highest BCUT2D eigenvalue weighted by atomic mass is 19.2. The molecule has 2 unspecified atom stereocenters. The monoisotopic (exact) mass is 498 g/mol. The number of nitrogens with one attached hydrogen (secondary N) is 1. The fourth-order valence-electron chi connectivity index (χ4n) is 5.55. The summed E-state index contributed by atoms with van der Waals surface area (Å²) in [5, 5.41) is 2.98. The van der Waals surface area contributed by atoms with E-state index in [-0.39, 0.29) is 36.8 Å². The number of aromatic nitrogens is 1. The lowest BCUT2D eigenvalue weighted by atomic mass is 9.73. The zero-order chi connectivity index (χ0) is 25.3. The standard InChI is InChI=1S/C26H28F2N4O4/c27-21-6-5-17(13-22(21)28)14-23(33)31-10-7-18(8-11-31)26(19-3-1-9-29-15-19)24(34)32(25(35)30-26)16-20-4-2-12-36-20/h1,3,5-6,9,13,15,18,20H,2,4,7-8,10-12,14,16H2,(H,30,35). The van der Waals surface area contributed by atoms with Crippen molar-refractivity contribution < 1.29 is 27.9 Å². The first kappa shape index (κ1) is 24.3. The van der Waals surface area contributed by atoms with E-state index in [4.69, 9.17) is 4.74 Å². The molecule has 5 rings (SSSR count). The minimum absolute atomic E-state index is 0.0412. The Labute approximate surface area is 207 Å². The third kappa shape index (κ3) is 4.45. The van der Waals surface area contributed by atoms with Gasteiger partial charge in [0.05, 0.1) is 19.1 Å². The molecule has 1 aromatic heterocycles. The Bertz CT molecular complexity index is 1150. The number of imide groups is 1. The van der Waals surface area contributed by atoms with Gasteiger partial charge in [-0.05, 0) is 55.4 Å². The molecule has 2 aromatic rings. The zero-order valence-electron chi connectivity index (χ0n) is 19.8. The maximum Gasteiger partial charge on any atom is 0.325 e. The minimum Gasteiger partial charge on any atom is -0.376 e. The number of urea groups is 1. The second-order valence-corrected chi connectivity index (χ2v) is 9.61. The molecule has 190 valence electrons. The Hall–Kier alpha value is -3.40. The number of amides is 4. The number of ether oxygens (including phenoxy) is 1. The van der Waals surface area contributed by atoms with Crippen LogP contribution in [0.5, 0.6) is 0 Å². The Morgan fingerprint density at radius 2 is 1.94 bits per heavy atom. The van der Waals surface area contributed by atoms with Crippen LogP contribution in [-0.4, -0.2) is 65.0 Å². The van der Waals surface area contributed by atoms with E-state index in [1.54, 1.807) is 29.4 Å². The van der Waals surface area contributed by atoms with Gasteiger partial charge in [0.2, 0.25) is 5.91 Å². The fraction of sp³-hybridized carbons (Fsp3) is 0.462. The smallest absolute Gasteiger partial charge is 0.325 e. The molecule has 8 nitrogen and oxygen atoms in total. The van der Waals surface area contributed by atoms with Gasteiger partial charge in [0.1, 0.15) is 0 Å². The zero-order valence-corrected chi connectivity index (χ0v) is 19.8. The van der Waals surface area contributed by atoms with Crippen LogP contribution in [-0.2, 0) is 26.3 Å². The van der Waals surface area contributed by atoms with Crippen LogP contribution in [0.1, 0.15) is 36.8 Å².